The number of hydrogen-bond donors (Lipinski definition) is 1. The molecular formula is C23H26N2O2S3. The van der Waals surface area contributed by atoms with E-state index in [0.717, 1.165) is 60.0 Å². The van der Waals surface area contributed by atoms with E-state index in [2.05, 4.69) is 34.9 Å². The molecule has 1 aliphatic rings. The fourth-order valence-corrected chi connectivity index (χ4v) is 6.64. The molecule has 1 saturated heterocycles. The van der Waals surface area contributed by atoms with Gasteiger partial charge in [-0.15, -0.1) is 0 Å². The van der Waals surface area contributed by atoms with Crippen molar-refractivity contribution in [2.45, 2.75) is 20.0 Å². The van der Waals surface area contributed by atoms with Crippen LogP contribution in [0.3, 0.4) is 0 Å². The van der Waals surface area contributed by atoms with Gasteiger partial charge in [-0.05, 0) is 53.9 Å². The smallest absolute Gasteiger partial charge is 0.120 e. The number of aromatic hydroxyl groups is 1. The second-order valence-corrected chi connectivity index (χ2v) is 10.5. The van der Waals surface area contributed by atoms with Crippen LogP contribution in [0.1, 0.15) is 16.7 Å². The molecule has 4 rings (SSSR count). The Morgan fingerprint density at radius 2 is 1.63 bits per heavy atom. The summed E-state index contributed by atoms with van der Waals surface area (Å²) in [6, 6.07) is 14.2. The molecule has 2 heterocycles. The van der Waals surface area contributed by atoms with Gasteiger partial charge in [-0.2, -0.15) is 0 Å². The molecule has 0 saturated carbocycles. The van der Waals surface area contributed by atoms with Gasteiger partial charge in [-0.25, -0.2) is 0 Å². The molecule has 3 aromatic rings. The number of ether oxygens (including phenoxy) is 1. The largest absolute Gasteiger partial charge is 0.508 e. The molecule has 0 atom stereocenters. The first-order valence-electron chi connectivity index (χ1n) is 10.0. The van der Waals surface area contributed by atoms with Crippen molar-refractivity contribution >= 4 is 32.9 Å². The summed E-state index contributed by atoms with van der Waals surface area (Å²) in [6.45, 7) is 7.85. The van der Waals surface area contributed by atoms with Gasteiger partial charge in [0.25, 0.3) is 0 Å². The third-order valence-corrected chi connectivity index (χ3v) is 8.99. The molecule has 1 fully saturated rings. The summed E-state index contributed by atoms with van der Waals surface area (Å²) >= 11 is 5.39. The van der Waals surface area contributed by atoms with E-state index in [0.29, 0.717) is 5.75 Å². The van der Waals surface area contributed by atoms with E-state index in [-0.39, 0.29) is 0 Å². The summed E-state index contributed by atoms with van der Waals surface area (Å²) in [5.41, 5.74) is 4.61. The predicted molar refractivity (Wildman–Crippen MR) is 128 cm³/mol. The Morgan fingerprint density at radius 1 is 0.967 bits per heavy atom. The lowest BCUT2D eigenvalue weighted by molar-refractivity contribution is 0.121. The van der Waals surface area contributed by atoms with Crippen molar-refractivity contribution in [1.82, 2.24) is 9.80 Å². The highest BCUT2D eigenvalue weighted by molar-refractivity contribution is 7.80. The van der Waals surface area contributed by atoms with Crippen LogP contribution < -0.4 is 4.74 Å². The van der Waals surface area contributed by atoms with Gasteiger partial charge in [0, 0.05) is 44.8 Å². The molecule has 158 valence electrons. The fraction of sp³-hybridized carbons (Fsp3) is 0.348. The SMILES string of the molecule is COc1ccc(CN2CCN(Cc3cc(-c4ssc(=S)c4C)ccc3O)CC2)cc1. The maximum absolute atomic E-state index is 10.4. The van der Waals surface area contributed by atoms with Crippen molar-refractivity contribution < 1.29 is 9.84 Å². The van der Waals surface area contributed by atoms with Crippen LogP contribution in [-0.2, 0) is 13.1 Å². The highest BCUT2D eigenvalue weighted by atomic mass is 32.9. The molecule has 0 unspecified atom stereocenters. The van der Waals surface area contributed by atoms with Crippen molar-refractivity contribution in [2.24, 2.45) is 0 Å². The summed E-state index contributed by atoms with van der Waals surface area (Å²) in [5.74, 6) is 1.27. The highest BCUT2D eigenvalue weighted by Gasteiger charge is 2.19. The molecule has 0 amide bonds. The van der Waals surface area contributed by atoms with Gasteiger partial charge in [0.1, 0.15) is 15.3 Å². The number of piperazine rings is 1. The minimum absolute atomic E-state index is 0.371. The Labute approximate surface area is 190 Å². The predicted octanol–water partition coefficient (Wildman–Crippen LogP) is 5.55. The molecule has 0 radical (unpaired) electrons. The van der Waals surface area contributed by atoms with Gasteiger partial charge < -0.3 is 9.84 Å². The monoisotopic (exact) mass is 458 g/mol. The molecule has 2 aromatic carbocycles. The second kappa shape index (κ2) is 9.58. The molecule has 4 nitrogen and oxygen atoms in total. The lowest BCUT2D eigenvalue weighted by atomic mass is 10.1. The number of methoxy groups -OCH3 is 1. The summed E-state index contributed by atoms with van der Waals surface area (Å²) in [6.07, 6.45) is 0. The Kier molecular flexibility index (Phi) is 6.85. The second-order valence-electron chi connectivity index (χ2n) is 7.65. The van der Waals surface area contributed by atoms with Crippen LogP contribution in [0, 0.1) is 10.7 Å². The van der Waals surface area contributed by atoms with E-state index in [1.807, 2.05) is 24.3 Å². The van der Waals surface area contributed by atoms with E-state index >= 15 is 0 Å². The maximum Gasteiger partial charge on any atom is 0.120 e. The van der Waals surface area contributed by atoms with E-state index in [9.17, 15) is 5.11 Å². The average molecular weight is 459 g/mol. The number of benzene rings is 2. The van der Waals surface area contributed by atoms with Crippen molar-refractivity contribution in [1.29, 1.82) is 0 Å². The van der Waals surface area contributed by atoms with Crippen LogP contribution in [0.25, 0.3) is 10.4 Å². The molecule has 0 aliphatic carbocycles. The van der Waals surface area contributed by atoms with E-state index < -0.39 is 0 Å². The standard InChI is InChI=1S/C23H26N2O2S3/c1-16-22(29-30-23(16)28)18-5-8-21(26)19(13-18)15-25-11-9-24(10-12-25)14-17-3-6-20(27-2)7-4-17/h3-8,13,26H,9-12,14-15H2,1-2H3. The maximum atomic E-state index is 10.4. The number of hydrogen-bond acceptors (Lipinski definition) is 7. The summed E-state index contributed by atoms with van der Waals surface area (Å²) in [4.78, 5) is 6.12. The summed E-state index contributed by atoms with van der Waals surface area (Å²) in [7, 11) is 5.06. The zero-order valence-electron chi connectivity index (χ0n) is 17.3. The van der Waals surface area contributed by atoms with Gasteiger partial charge in [0.2, 0.25) is 0 Å². The van der Waals surface area contributed by atoms with Gasteiger partial charge in [0.05, 0.1) is 12.0 Å². The van der Waals surface area contributed by atoms with Gasteiger partial charge in [-0.1, -0.05) is 45.0 Å². The van der Waals surface area contributed by atoms with Crippen molar-refractivity contribution in [3.8, 4) is 21.9 Å². The number of nitrogens with zero attached hydrogens (tertiary/aromatic N) is 2. The lowest BCUT2D eigenvalue weighted by Gasteiger charge is -2.35. The van der Waals surface area contributed by atoms with Crippen LogP contribution in [0.15, 0.2) is 42.5 Å². The first kappa shape index (κ1) is 21.5. The topological polar surface area (TPSA) is 35.9 Å². The van der Waals surface area contributed by atoms with Crippen molar-refractivity contribution in [2.75, 3.05) is 33.3 Å². The van der Waals surface area contributed by atoms with Gasteiger partial charge in [-0.3, -0.25) is 9.80 Å². The third-order valence-electron chi connectivity index (χ3n) is 5.61. The molecule has 1 aliphatic heterocycles. The Balaban J connectivity index is 1.37. The average Bonchev–Trinajstić information content (AvgIpc) is 3.10. The summed E-state index contributed by atoms with van der Waals surface area (Å²) < 4.78 is 6.20. The molecule has 7 heteroatoms. The zero-order chi connectivity index (χ0) is 21.1. The summed E-state index contributed by atoms with van der Waals surface area (Å²) in [5, 5.41) is 10.4. The van der Waals surface area contributed by atoms with Crippen LogP contribution >= 0.6 is 32.9 Å². The fourth-order valence-electron chi connectivity index (χ4n) is 3.75. The molecular weight excluding hydrogens is 432 g/mol. The van der Waals surface area contributed by atoms with Crippen molar-refractivity contribution in [3.05, 3.63) is 63.0 Å². The molecule has 30 heavy (non-hydrogen) atoms. The lowest BCUT2D eigenvalue weighted by Crippen LogP contribution is -2.45. The van der Waals surface area contributed by atoms with E-state index in [1.165, 1.54) is 16.0 Å². The Morgan fingerprint density at radius 3 is 2.23 bits per heavy atom. The van der Waals surface area contributed by atoms with Crippen LogP contribution in [0.2, 0.25) is 0 Å². The number of phenolic OH excluding ortho intramolecular Hbond substituents is 1. The number of phenols is 1. The third kappa shape index (κ3) is 4.92. The Bertz CT molecular complexity index is 1050. The first-order valence-corrected chi connectivity index (χ1v) is 12.6. The quantitative estimate of drug-likeness (QED) is 0.387. The highest BCUT2D eigenvalue weighted by Crippen LogP contribution is 2.36. The van der Waals surface area contributed by atoms with Gasteiger partial charge in [0.15, 0.2) is 0 Å². The molecule has 0 bridgehead atoms. The minimum atomic E-state index is 0.371. The molecule has 0 spiro atoms. The van der Waals surface area contributed by atoms with Crippen molar-refractivity contribution in [3.63, 3.8) is 0 Å². The van der Waals surface area contributed by atoms with Crippen LogP contribution in [-0.4, -0.2) is 48.2 Å². The normalized spacial score (nSPS) is 15.4. The van der Waals surface area contributed by atoms with Crippen LogP contribution in [0.5, 0.6) is 11.5 Å². The van der Waals surface area contributed by atoms with Crippen LogP contribution in [0.4, 0.5) is 0 Å². The minimum Gasteiger partial charge on any atom is -0.508 e. The first-order chi connectivity index (χ1) is 14.5. The van der Waals surface area contributed by atoms with E-state index in [1.54, 1.807) is 27.8 Å². The van der Waals surface area contributed by atoms with E-state index in [4.69, 9.17) is 17.0 Å². The Hall–Kier alpha value is -1.77. The zero-order valence-corrected chi connectivity index (χ0v) is 19.7. The molecule has 1 aromatic heterocycles. The molecule has 1 N–H and O–H groups in total. The number of rotatable bonds is 6. The van der Waals surface area contributed by atoms with Gasteiger partial charge >= 0.3 is 0 Å².